The smallest absolute Gasteiger partial charge is 0.0740 e. The van der Waals surface area contributed by atoms with E-state index in [0.29, 0.717) is 12.0 Å². The fourth-order valence-corrected chi connectivity index (χ4v) is 3.37. The maximum Gasteiger partial charge on any atom is 0.0740 e. The van der Waals surface area contributed by atoms with Crippen molar-refractivity contribution in [3.8, 4) is 0 Å². The summed E-state index contributed by atoms with van der Waals surface area (Å²) in [6, 6.07) is 9.11. The Kier molecular flexibility index (Phi) is 2.16. The minimum atomic E-state index is 0.420. The van der Waals surface area contributed by atoms with Crippen LogP contribution in [-0.2, 0) is 6.42 Å². The number of hydrazone groups is 1. The topological polar surface area (TPSA) is 24.4 Å². The molecule has 0 spiro atoms. The lowest BCUT2D eigenvalue weighted by Crippen LogP contribution is -2.34. The highest BCUT2D eigenvalue weighted by atomic mass is 15.3. The van der Waals surface area contributed by atoms with Crippen molar-refractivity contribution in [2.45, 2.75) is 25.3 Å². The van der Waals surface area contributed by atoms with Gasteiger partial charge in [-0.25, -0.2) is 0 Å². The van der Waals surface area contributed by atoms with Crippen molar-refractivity contribution in [2.24, 2.45) is 11.0 Å². The first-order chi connectivity index (χ1) is 8.93. The molecule has 0 radical (unpaired) electrons. The van der Waals surface area contributed by atoms with Crippen molar-refractivity contribution in [2.75, 3.05) is 0 Å². The summed E-state index contributed by atoms with van der Waals surface area (Å²) >= 11 is 0. The molecule has 0 fully saturated rings. The number of hydrogen-bond donors (Lipinski definition) is 1. The first-order valence-corrected chi connectivity index (χ1v) is 6.70. The molecular weight excluding hydrogens is 220 g/mol. The Labute approximate surface area is 107 Å². The maximum absolute atomic E-state index is 4.62. The van der Waals surface area contributed by atoms with Crippen LogP contribution in [-0.4, -0.2) is 11.8 Å². The zero-order valence-corrected chi connectivity index (χ0v) is 10.3. The molecule has 90 valence electrons. The Morgan fingerprint density at radius 2 is 2.17 bits per heavy atom. The van der Waals surface area contributed by atoms with Gasteiger partial charge in [-0.2, -0.15) is 5.10 Å². The number of fused-ring (bicyclic) bond motifs is 3. The largest absolute Gasteiger partial charge is 0.302 e. The lowest BCUT2D eigenvalue weighted by atomic mass is 9.77. The molecule has 0 aromatic heterocycles. The van der Waals surface area contributed by atoms with Crippen LogP contribution >= 0.6 is 0 Å². The Morgan fingerprint density at radius 1 is 1.22 bits per heavy atom. The first kappa shape index (κ1) is 10.1. The molecule has 1 heterocycles. The fraction of sp³-hybridized carbons (Fsp3) is 0.312. The number of hydrogen-bond acceptors (Lipinski definition) is 2. The normalized spacial score (nSPS) is 28.2. The zero-order chi connectivity index (χ0) is 11.9. The van der Waals surface area contributed by atoms with Gasteiger partial charge in [0.1, 0.15) is 0 Å². The quantitative estimate of drug-likeness (QED) is 0.796. The van der Waals surface area contributed by atoms with Crippen molar-refractivity contribution in [1.82, 2.24) is 5.43 Å². The van der Waals surface area contributed by atoms with Crippen LogP contribution in [0.25, 0.3) is 0 Å². The van der Waals surface area contributed by atoms with Gasteiger partial charge < -0.3 is 5.43 Å². The van der Waals surface area contributed by atoms with Gasteiger partial charge in [0.15, 0.2) is 0 Å². The highest BCUT2D eigenvalue weighted by Crippen LogP contribution is 2.35. The van der Waals surface area contributed by atoms with Crippen LogP contribution in [0.4, 0.5) is 0 Å². The lowest BCUT2D eigenvalue weighted by molar-refractivity contribution is 0.496. The molecular formula is C16H16N2. The molecule has 2 atom stereocenters. The molecule has 0 bridgehead atoms. The minimum absolute atomic E-state index is 0.420. The molecule has 0 amide bonds. The summed E-state index contributed by atoms with van der Waals surface area (Å²) in [6.07, 6.45) is 10.1. The summed E-state index contributed by atoms with van der Waals surface area (Å²) in [6.45, 7) is 0. The first-order valence-electron chi connectivity index (χ1n) is 6.70. The number of nitrogens with one attached hydrogen (secondary N) is 1. The molecule has 0 saturated heterocycles. The van der Waals surface area contributed by atoms with Crippen LogP contribution < -0.4 is 5.43 Å². The fourth-order valence-electron chi connectivity index (χ4n) is 3.37. The number of allylic oxidation sites excluding steroid dienone is 3. The van der Waals surface area contributed by atoms with Crippen LogP contribution in [0.15, 0.2) is 53.2 Å². The predicted molar refractivity (Wildman–Crippen MR) is 73.6 cm³/mol. The van der Waals surface area contributed by atoms with Crippen LogP contribution in [0.1, 0.15) is 24.0 Å². The van der Waals surface area contributed by atoms with E-state index in [9.17, 15) is 0 Å². The van der Waals surface area contributed by atoms with Crippen LogP contribution in [0.2, 0.25) is 0 Å². The van der Waals surface area contributed by atoms with Gasteiger partial charge in [-0.15, -0.1) is 0 Å². The molecule has 1 aromatic carbocycles. The molecule has 1 aliphatic heterocycles. The number of rotatable bonds is 1. The van der Waals surface area contributed by atoms with Gasteiger partial charge in [-0.05, 0) is 30.4 Å². The molecule has 0 saturated carbocycles. The Morgan fingerprint density at radius 3 is 3.06 bits per heavy atom. The van der Waals surface area contributed by atoms with Crippen LogP contribution in [0, 0.1) is 5.92 Å². The molecule has 18 heavy (non-hydrogen) atoms. The van der Waals surface area contributed by atoms with E-state index in [1.165, 1.54) is 35.3 Å². The molecule has 2 nitrogen and oxygen atoms in total. The van der Waals surface area contributed by atoms with Gasteiger partial charge >= 0.3 is 0 Å². The molecule has 2 heteroatoms. The second-order valence-corrected chi connectivity index (χ2v) is 5.28. The number of benzene rings is 1. The van der Waals surface area contributed by atoms with E-state index in [-0.39, 0.29) is 0 Å². The Hall–Kier alpha value is -1.83. The van der Waals surface area contributed by atoms with Crippen molar-refractivity contribution in [1.29, 1.82) is 0 Å². The Bertz CT molecular complexity index is 581. The van der Waals surface area contributed by atoms with Gasteiger partial charge in [0.25, 0.3) is 0 Å². The third-order valence-corrected chi connectivity index (χ3v) is 4.30. The highest BCUT2D eigenvalue weighted by Gasteiger charge is 2.37. The summed E-state index contributed by atoms with van der Waals surface area (Å²) in [7, 11) is 0. The van der Waals surface area contributed by atoms with E-state index in [1.54, 1.807) is 0 Å². The van der Waals surface area contributed by atoms with E-state index in [1.807, 2.05) is 0 Å². The van der Waals surface area contributed by atoms with E-state index in [0.717, 1.165) is 6.42 Å². The molecule has 2 aliphatic carbocycles. The van der Waals surface area contributed by atoms with E-state index >= 15 is 0 Å². The molecule has 4 rings (SSSR count). The average molecular weight is 236 g/mol. The summed E-state index contributed by atoms with van der Waals surface area (Å²) in [5.41, 5.74) is 8.93. The summed E-state index contributed by atoms with van der Waals surface area (Å²) in [5, 5.41) is 4.62. The molecule has 3 aliphatic rings. The number of aryl methyl sites for hydroxylation is 1. The van der Waals surface area contributed by atoms with Crippen molar-refractivity contribution < 1.29 is 0 Å². The van der Waals surface area contributed by atoms with Crippen molar-refractivity contribution in [3.63, 3.8) is 0 Å². The summed E-state index contributed by atoms with van der Waals surface area (Å²) in [5.74, 6) is 0.561. The summed E-state index contributed by atoms with van der Waals surface area (Å²) in [4.78, 5) is 0. The third-order valence-electron chi connectivity index (χ3n) is 4.30. The van der Waals surface area contributed by atoms with Crippen LogP contribution in [0.3, 0.4) is 0 Å². The zero-order valence-electron chi connectivity index (χ0n) is 10.3. The van der Waals surface area contributed by atoms with E-state index in [2.05, 4.69) is 53.0 Å². The van der Waals surface area contributed by atoms with Crippen molar-refractivity contribution in [3.05, 3.63) is 59.2 Å². The SMILES string of the molecule is C1=CCC(C2NN=C3c4ccccc4CCC32)=C1. The van der Waals surface area contributed by atoms with Gasteiger partial charge in [-0.3, -0.25) is 0 Å². The summed E-state index contributed by atoms with van der Waals surface area (Å²) < 4.78 is 0. The molecule has 1 aromatic rings. The van der Waals surface area contributed by atoms with Gasteiger partial charge in [-0.1, -0.05) is 42.5 Å². The number of nitrogens with zero attached hydrogens (tertiary/aromatic N) is 1. The van der Waals surface area contributed by atoms with Gasteiger partial charge in [0.2, 0.25) is 0 Å². The average Bonchev–Trinajstić information content (AvgIpc) is 3.07. The van der Waals surface area contributed by atoms with Crippen molar-refractivity contribution >= 4 is 5.71 Å². The monoisotopic (exact) mass is 236 g/mol. The standard InChI is InChI=1S/C16H16N2/c1-2-7-12(6-1)15-14-10-9-11-5-3-4-8-13(11)16(14)18-17-15/h1-6,8,14-15,17H,7,9-10H2. The van der Waals surface area contributed by atoms with E-state index in [4.69, 9.17) is 0 Å². The van der Waals surface area contributed by atoms with Gasteiger partial charge in [0, 0.05) is 11.5 Å². The molecule has 1 N–H and O–H groups in total. The second-order valence-electron chi connectivity index (χ2n) is 5.28. The second kappa shape index (κ2) is 3.84. The molecule has 2 unspecified atom stereocenters. The third kappa shape index (κ3) is 1.38. The van der Waals surface area contributed by atoms with Gasteiger partial charge in [0.05, 0.1) is 11.8 Å². The van der Waals surface area contributed by atoms with E-state index < -0.39 is 0 Å². The van der Waals surface area contributed by atoms with Crippen LogP contribution in [0.5, 0.6) is 0 Å². The predicted octanol–water partition coefficient (Wildman–Crippen LogP) is 2.81. The highest BCUT2D eigenvalue weighted by molar-refractivity contribution is 6.05. The lowest BCUT2D eigenvalue weighted by Gasteiger charge is -2.26. The Balaban J connectivity index is 1.69. The minimum Gasteiger partial charge on any atom is -0.302 e. The maximum atomic E-state index is 4.62.